The van der Waals surface area contributed by atoms with Crippen LogP contribution in [0.15, 0.2) is 30.3 Å². The molecule has 1 aliphatic rings. The van der Waals surface area contributed by atoms with Crippen molar-refractivity contribution < 1.29 is 9.53 Å². The Bertz CT molecular complexity index is 345. The maximum atomic E-state index is 11.3. The van der Waals surface area contributed by atoms with Crippen molar-refractivity contribution in [2.24, 2.45) is 5.92 Å². The van der Waals surface area contributed by atoms with Gasteiger partial charge < -0.3 is 4.74 Å². The minimum atomic E-state index is -0.0867. The van der Waals surface area contributed by atoms with E-state index in [0.717, 1.165) is 6.42 Å². The number of hydrogen-bond donors (Lipinski definition) is 0. The van der Waals surface area contributed by atoms with Crippen LogP contribution in [0.1, 0.15) is 18.9 Å². The van der Waals surface area contributed by atoms with Gasteiger partial charge in [-0.25, -0.2) is 0 Å². The molecular formula is C12H14O2. The highest BCUT2D eigenvalue weighted by molar-refractivity contribution is 5.78. The van der Waals surface area contributed by atoms with E-state index in [0.29, 0.717) is 0 Å². The number of methoxy groups -OCH3 is 1. The molecule has 2 nitrogen and oxygen atoms in total. The summed E-state index contributed by atoms with van der Waals surface area (Å²) in [5.41, 5.74) is 1.24. The van der Waals surface area contributed by atoms with Crippen LogP contribution in [-0.4, -0.2) is 13.1 Å². The maximum Gasteiger partial charge on any atom is 0.309 e. The summed E-state index contributed by atoms with van der Waals surface area (Å²) in [6.07, 6.45) is 0.906. The van der Waals surface area contributed by atoms with Crippen LogP contribution in [0.25, 0.3) is 0 Å². The lowest BCUT2D eigenvalue weighted by Gasteiger charge is -2.10. The standard InChI is InChI=1S/C12H14O2/c1-12(8-10(12)11(13)14-2)9-6-4-3-5-7-9/h3-7,10H,8H2,1-2H3/t10-,12-/m1/s1. The van der Waals surface area contributed by atoms with E-state index in [9.17, 15) is 4.79 Å². The first-order chi connectivity index (χ1) is 6.68. The van der Waals surface area contributed by atoms with Crippen molar-refractivity contribution in [3.8, 4) is 0 Å². The molecule has 1 saturated carbocycles. The fraction of sp³-hybridized carbons (Fsp3) is 0.417. The Balaban J connectivity index is 2.19. The molecule has 14 heavy (non-hydrogen) atoms. The first-order valence-electron chi connectivity index (χ1n) is 4.82. The summed E-state index contributed by atoms with van der Waals surface area (Å²) in [5.74, 6) is -0.0359. The average molecular weight is 190 g/mol. The van der Waals surface area contributed by atoms with E-state index in [1.165, 1.54) is 12.7 Å². The van der Waals surface area contributed by atoms with Crippen LogP contribution in [-0.2, 0) is 14.9 Å². The summed E-state index contributed by atoms with van der Waals surface area (Å²) in [6.45, 7) is 2.11. The molecule has 0 aliphatic heterocycles. The molecule has 0 aromatic heterocycles. The Kier molecular flexibility index (Phi) is 2.06. The van der Waals surface area contributed by atoms with Crippen LogP contribution in [0.5, 0.6) is 0 Å². The summed E-state index contributed by atoms with van der Waals surface area (Å²) in [4.78, 5) is 11.3. The highest BCUT2D eigenvalue weighted by atomic mass is 16.5. The van der Waals surface area contributed by atoms with Gasteiger partial charge in [0.25, 0.3) is 0 Å². The molecule has 0 saturated heterocycles. The van der Waals surface area contributed by atoms with Gasteiger partial charge in [-0.05, 0) is 12.0 Å². The van der Waals surface area contributed by atoms with Crippen molar-refractivity contribution in [2.75, 3.05) is 7.11 Å². The van der Waals surface area contributed by atoms with Gasteiger partial charge in [0.05, 0.1) is 13.0 Å². The summed E-state index contributed by atoms with van der Waals surface area (Å²) in [6, 6.07) is 10.1. The zero-order valence-electron chi connectivity index (χ0n) is 8.49. The molecule has 1 fully saturated rings. The summed E-state index contributed by atoms with van der Waals surface area (Å²) in [5, 5.41) is 0. The van der Waals surface area contributed by atoms with Crippen molar-refractivity contribution in [1.82, 2.24) is 0 Å². The lowest BCUT2D eigenvalue weighted by molar-refractivity contribution is -0.142. The van der Waals surface area contributed by atoms with E-state index in [1.807, 2.05) is 18.2 Å². The summed E-state index contributed by atoms with van der Waals surface area (Å²) < 4.78 is 4.75. The van der Waals surface area contributed by atoms with Gasteiger partial charge in [-0.3, -0.25) is 4.79 Å². The molecule has 0 radical (unpaired) electrons. The number of esters is 1. The van der Waals surface area contributed by atoms with Gasteiger partial charge in [0.2, 0.25) is 0 Å². The van der Waals surface area contributed by atoms with Crippen LogP contribution >= 0.6 is 0 Å². The number of rotatable bonds is 2. The van der Waals surface area contributed by atoms with Crippen molar-refractivity contribution in [1.29, 1.82) is 0 Å². The molecule has 1 aromatic rings. The van der Waals surface area contributed by atoms with Gasteiger partial charge in [-0.2, -0.15) is 0 Å². The third-order valence-electron chi connectivity index (χ3n) is 3.16. The van der Waals surface area contributed by atoms with E-state index in [2.05, 4.69) is 19.1 Å². The van der Waals surface area contributed by atoms with Crippen molar-refractivity contribution in [3.63, 3.8) is 0 Å². The smallest absolute Gasteiger partial charge is 0.309 e. The lowest BCUT2D eigenvalue weighted by atomic mass is 9.96. The van der Waals surface area contributed by atoms with Crippen LogP contribution in [0.3, 0.4) is 0 Å². The number of ether oxygens (including phenoxy) is 1. The normalized spacial score (nSPS) is 29.7. The zero-order chi connectivity index (χ0) is 10.2. The molecule has 1 aliphatic carbocycles. The first kappa shape index (κ1) is 9.25. The minimum absolute atomic E-state index is 0.00829. The minimum Gasteiger partial charge on any atom is -0.469 e. The largest absolute Gasteiger partial charge is 0.469 e. The van der Waals surface area contributed by atoms with Gasteiger partial charge in [0, 0.05) is 5.41 Å². The zero-order valence-corrected chi connectivity index (χ0v) is 8.49. The van der Waals surface area contributed by atoms with Crippen LogP contribution in [0.2, 0.25) is 0 Å². The molecule has 0 amide bonds. The fourth-order valence-corrected chi connectivity index (χ4v) is 1.99. The van der Waals surface area contributed by atoms with E-state index < -0.39 is 0 Å². The Morgan fingerprint density at radius 2 is 2.07 bits per heavy atom. The first-order valence-corrected chi connectivity index (χ1v) is 4.82. The second-order valence-electron chi connectivity index (χ2n) is 4.06. The van der Waals surface area contributed by atoms with Gasteiger partial charge in [0.1, 0.15) is 0 Å². The summed E-state index contributed by atoms with van der Waals surface area (Å²) in [7, 11) is 1.45. The third-order valence-corrected chi connectivity index (χ3v) is 3.16. The van der Waals surface area contributed by atoms with Crippen molar-refractivity contribution in [2.45, 2.75) is 18.8 Å². The third kappa shape index (κ3) is 1.31. The Hall–Kier alpha value is -1.31. The highest BCUT2D eigenvalue weighted by Gasteiger charge is 2.56. The molecule has 0 heterocycles. The second kappa shape index (κ2) is 3.12. The van der Waals surface area contributed by atoms with Crippen LogP contribution in [0.4, 0.5) is 0 Å². The number of benzene rings is 1. The molecule has 2 heteroatoms. The monoisotopic (exact) mass is 190 g/mol. The second-order valence-corrected chi connectivity index (χ2v) is 4.06. The number of hydrogen-bond acceptors (Lipinski definition) is 2. The molecule has 0 unspecified atom stereocenters. The molecule has 74 valence electrons. The lowest BCUT2D eigenvalue weighted by Crippen LogP contribution is -2.12. The number of carbonyl (C=O) groups excluding carboxylic acids is 1. The van der Waals surface area contributed by atoms with E-state index in [-0.39, 0.29) is 17.3 Å². The number of carbonyl (C=O) groups is 1. The maximum absolute atomic E-state index is 11.3. The average Bonchev–Trinajstić information content (AvgIpc) is 2.93. The topological polar surface area (TPSA) is 26.3 Å². The molecule has 0 bridgehead atoms. The van der Waals surface area contributed by atoms with Gasteiger partial charge >= 0.3 is 5.97 Å². The molecule has 1 aromatic carbocycles. The Morgan fingerprint density at radius 3 is 2.64 bits per heavy atom. The van der Waals surface area contributed by atoms with Gasteiger partial charge in [0.15, 0.2) is 0 Å². The Morgan fingerprint density at radius 1 is 1.43 bits per heavy atom. The predicted molar refractivity (Wildman–Crippen MR) is 53.9 cm³/mol. The van der Waals surface area contributed by atoms with Crippen molar-refractivity contribution >= 4 is 5.97 Å². The van der Waals surface area contributed by atoms with Crippen LogP contribution < -0.4 is 0 Å². The molecular weight excluding hydrogens is 176 g/mol. The van der Waals surface area contributed by atoms with Crippen molar-refractivity contribution in [3.05, 3.63) is 35.9 Å². The molecule has 2 rings (SSSR count). The van der Waals surface area contributed by atoms with Gasteiger partial charge in [-0.15, -0.1) is 0 Å². The molecule has 0 spiro atoms. The molecule has 2 atom stereocenters. The van der Waals surface area contributed by atoms with E-state index in [4.69, 9.17) is 4.74 Å². The van der Waals surface area contributed by atoms with Gasteiger partial charge in [-0.1, -0.05) is 37.3 Å². The quantitative estimate of drug-likeness (QED) is 0.668. The SMILES string of the molecule is COC(=O)[C@H]1C[C@]1(C)c1ccccc1. The Labute approximate surface area is 83.9 Å². The predicted octanol–water partition coefficient (Wildman–Crippen LogP) is 2.14. The molecule has 0 N–H and O–H groups in total. The van der Waals surface area contributed by atoms with E-state index >= 15 is 0 Å². The summed E-state index contributed by atoms with van der Waals surface area (Å²) >= 11 is 0. The van der Waals surface area contributed by atoms with E-state index in [1.54, 1.807) is 0 Å². The van der Waals surface area contributed by atoms with Crippen LogP contribution in [0, 0.1) is 5.92 Å². The fourth-order valence-electron chi connectivity index (χ4n) is 1.99. The highest BCUT2D eigenvalue weighted by Crippen LogP contribution is 2.54.